The molecule has 2 aromatic heterocycles. The van der Waals surface area contributed by atoms with Crippen LogP contribution in [0.4, 0.5) is 13.2 Å². The average molecular weight is 465 g/mol. The Balaban J connectivity index is 1.51. The molecule has 0 unspecified atom stereocenters. The molecule has 0 spiro atoms. The minimum absolute atomic E-state index is 0.199. The number of piperidine rings is 1. The third kappa shape index (κ3) is 4.49. The van der Waals surface area contributed by atoms with Gasteiger partial charge in [0, 0.05) is 25.5 Å². The minimum Gasteiger partial charge on any atom is -0.338 e. The van der Waals surface area contributed by atoms with Gasteiger partial charge >= 0.3 is 6.18 Å². The van der Waals surface area contributed by atoms with E-state index in [1.807, 2.05) is 6.92 Å². The Kier molecular flexibility index (Phi) is 6.33. The highest BCUT2D eigenvalue weighted by atomic mass is 19.4. The molecule has 0 N–H and O–H groups in total. The lowest BCUT2D eigenvalue weighted by Gasteiger charge is -2.41. The number of amides is 1. The second-order valence-corrected chi connectivity index (χ2v) is 8.40. The quantitative estimate of drug-likeness (QED) is 0.535. The van der Waals surface area contributed by atoms with Crippen molar-refractivity contribution in [2.24, 2.45) is 5.41 Å². The number of hydrogen-bond donors (Lipinski definition) is 0. The van der Waals surface area contributed by atoms with Gasteiger partial charge in [-0.05, 0) is 54.7 Å². The van der Waals surface area contributed by atoms with E-state index in [0.29, 0.717) is 48.4 Å². The summed E-state index contributed by atoms with van der Waals surface area (Å²) < 4.78 is 38.7. The van der Waals surface area contributed by atoms with Gasteiger partial charge in [-0.3, -0.25) is 9.78 Å². The lowest BCUT2D eigenvalue weighted by atomic mass is 9.68. The molecule has 3 aromatic rings. The van der Waals surface area contributed by atoms with E-state index in [9.17, 15) is 23.2 Å². The molecule has 1 aliphatic rings. The van der Waals surface area contributed by atoms with Crippen LogP contribution in [0.15, 0.2) is 61.2 Å². The number of carbonyl (C=O) groups is 1. The molecule has 6 nitrogen and oxygen atoms in total. The summed E-state index contributed by atoms with van der Waals surface area (Å²) in [6.45, 7) is 2.57. The highest BCUT2D eigenvalue weighted by Gasteiger charge is 2.42. The Morgan fingerprint density at radius 3 is 2.38 bits per heavy atom. The molecule has 1 amide bonds. The van der Waals surface area contributed by atoms with Crippen LogP contribution in [0.3, 0.4) is 0 Å². The van der Waals surface area contributed by atoms with Gasteiger partial charge in [0.15, 0.2) is 0 Å². The number of benzene rings is 1. The number of alkyl halides is 3. The van der Waals surface area contributed by atoms with Crippen LogP contribution < -0.4 is 0 Å². The number of likely N-dealkylation sites (tertiary alicyclic amines) is 1. The number of halogens is 3. The number of carbonyl (C=O) groups excluding carboxylic acids is 1. The van der Waals surface area contributed by atoms with E-state index in [1.165, 1.54) is 18.5 Å². The van der Waals surface area contributed by atoms with Crippen molar-refractivity contribution in [1.29, 1.82) is 5.26 Å². The largest absolute Gasteiger partial charge is 0.416 e. The summed E-state index contributed by atoms with van der Waals surface area (Å²) in [5.41, 5.74) is 0.601. The zero-order valence-corrected chi connectivity index (χ0v) is 18.5. The summed E-state index contributed by atoms with van der Waals surface area (Å²) in [6.07, 6.45) is 0.994. The smallest absolute Gasteiger partial charge is 0.338 e. The third-order valence-corrected chi connectivity index (χ3v) is 6.60. The van der Waals surface area contributed by atoms with E-state index in [1.54, 1.807) is 35.5 Å². The Morgan fingerprint density at radius 2 is 1.79 bits per heavy atom. The molecule has 1 aromatic carbocycles. The van der Waals surface area contributed by atoms with Gasteiger partial charge in [-0.25, -0.2) is 9.97 Å². The van der Waals surface area contributed by atoms with Gasteiger partial charge in [-0.1, -0.05) is 19.1 Å². The Hall–Kier alpha value is -3.80. The Bertz CT molecular complexity index is 1200. The SMILES string of the molecule is C[C@H](c1ccc(C(F)(F)F)cc1)C1(C#N)CCN(C(=O)c2cccnc2-c2ccncn2)CC1. The zero-order valence-electron chi connectivity index (χ0n) is 18.5. The standard InChI is InChI=1S/C25H22F3N5O/c1-17(18-4-6-19(7-5-18)25(26,27)28)24(15-29)9-13-33(14-10-24)23(34)20-3-2-11-31-22(20)21-8-12-30-16-32-21/h2-8,11-12,16-17H,9-10,13-14H2,1H3/t17-/m1/s1. The minimum atomic E-state index is -4.41. The number of aromatic nitrogens is 3. The summed E-state index contributed by atoms with van der Waals surface area (Å²) in [7, 11) is 0. The van der Waals surface area contributed by atoms with Crippen molar-refractivity contribution in [2.75, 3.05) is 13.1 Å². The van der Waals surface area contributed by atoms with Gasteiger partial charge in [0.2, 0.25) is 0 Å². The maximum absolute atomic E-state index is 13.3. The van der Waals surface area contributed by atoms with Crippen LogP contribution in [-0.2, 0) is 6.18 Å². The van der Waals surface area contributed by atoms with Gasteiger partial charge in [0.25, 0.3) is 5.91 Å². The van der Waals surface area contributed by atoms with Crippen molar-refractivity contribution in [3.05, 3.63) is 77.9 Å². The third-order valence-electron chi connectivity index (χ3n) is 6.60. The molecule has 1 fully saturated rings. The maximum Gasteiger partial charge on any atom is 0.416 e. The first-order valence-electron chi connectivity index (χ1n) is 10.8. The van der Waals surface area contributed by atoms with E-state index in [4.69, 9.17) is 0 Å². The molecular weight excluding hydrogens is 443 g/mol. The summed E-state index contributed by atoms with van der Waals surface area (Å²) in [5, 5.41) is 10.0. The average Bonchev–Trinajstić information content (AvgIpc) is 2.88. The molecule has 0 aliphatic carbocycles. The van der Waals surface area contributed by atoms with E-state index in [-0.39, 0.29) is 11.8 Å². The number of rotatable bonds is 4. The zero-order chi connectivity index (χ0) is 24.3. The Labute approximate surface area is 195 Å². The predicted molar refractivity (Wildman–Crippen MR) is 118 cm³/mol. The van der Waals surface area contributed by atoms with Gasteiger partial charge in [-0.15, -0.1) is 0 Å². The van der Waals surface area contributed by atoms with Crippen molar-refractivity contribution in [2.45, 2.75) is 31.9 Å². The monoisotopic (exact) mass is 465 g/mol. The van der Waals surface area contributed by atoms with Crippen LogP contribution in [0.2, 0.25) is 0 Å². The first-order valence-corrected chi connectivity index (χ1v) is 10.8. The van der Waals surface area contributed by atoms with Gasteiger partial charge in [0.1, 0.15) is 12.0 Å². The molecule has 174 valence electrons. The molecule has 9 heteroatoms. The van der Waals surface area contributed by atoms with Crippen LogP contribution in [0.1, 0.15) is 47.2 Å². The molecule has 4 rings (SSSR count). The van der Waals surface area contributed by atoms with E-state index >= 15 is 0 Å². The van der Waals surface area contributed by atoms with Crippen LogP contribution in [0.5, 0.6) is 0 Å². The maximum atomic E-state index is 13.3. The topological polar surface area (TPSA) is 82.8 Å². The second kappa shape index (κ2) is 9.21. The number of nitriles is 1. The molecule has 1 atom stereocenters. The second-order valence-electron chi connectivity index (χ2n) is 8.40. The number of pyridine rings is 1. The highest BCUT2D eigenvalue weighted by Crippen LogP contribution is 2.44. The normalized spacial score (nSPS) is 16.5. The lowest BCUT2D eigenvalue weighted by molar-refractivity contribution is -0.137. The van der Waals surface area contributed by atoms with E-state index in [2.05, 4.69) is 21.0 Å². The molecule has 1 aliphatic heterocycles. The van der Waals surface area contributed by atoms with Crippen LogP contribution >= 0.6 is 0 Å². The molecule has 34 heavy (non-hydrogen) atoms. The fourth-order valence-corrected chi connectivity index (χ4v) is 4.41. The van der Waals surface area contributed by atoms with Crippen molar-refractivity contribution < 1.29 is 18.0 Å². The first-order chi connectivity index (χ1) is 16.2. The lowest BCUT2D eigenvalue weighted by Crippen LogP contribution is -2.44. The van der Waals surface area contributed by atoms with Crippen molar-refractivity contribution in [3.8, 4) is 17.5 Å². The summed E-state index contributed by atoms with van der Waals surface area (Å²) in [4.78, 5) is 27.4. The van der Waals surface area contributed by atoms with Crippen LogP contribution in [-0.4, -0.2) is 38.8 Å². The molecule has 0 saturated carbocycles. The summed E-state index contributed by atoms with van der Waals surface area (Å²) in [5.74, 6) is -0.484. The van der Waals surface area contributed by atoms with Crippen molar-refractivity contribution in [3.63, 3.8) is 0 Å². The molecule has 3 heterocycles. The fraction of sp³-hybridized carbons (Fsp3) is 0.320. The molecule has 0 bridgehead atoms. The summed E-state index contributed by atoms with van der Waals surface area (Å²) in [6, 6.07) is 12.4. The van der Waals surface area contributed by atoms with Crippen LogP contribution in [0, 0.1) is 16.7 Å². The van der Waals surface area contributed by atoms with Gasteiger partial charge in [-0.2, -0.15) is 18.4 Å². The highest BCUT2D eigenvalue weighted by molar-refractivity contribution is 5.99. The predicted octanol–water partition coefficient (Wildman–Crippen LogP) is 5.11. The van der Waals surface area contributed by atoms with Crippen molar-refractivity contribution in [1.82, 2.24) is 19.9 Å². The van der Waals surface area contributed by atoms with E-state index in [0.717, 1.165) is 12.1 Å². The first kappa shape index (κ1) is 23.4. The molecule has 1 saturated heterocycles. The Morgan fingerprint density at radius 1 is 1.09 bits per heavy atom. The summed E-state index contributed by atoms with van der Waals surface area (Å²) >= 11 is 0. The number of hydrogen-bond acceptors (Lipinski definition) is 5. The van der Waals surface area contributed by atoms with E-state index < -0.39 is 17.2 Å². The van der Waals surface area contributed by atoms with Gasteiger partial charge < -0.3 is 4.90 Å². The van der Waals surface area contributed by atoms with Crippen molar-refractivity contribution >= 4 is 5.91 Å². The molecule has 0 radical (unpaired) electrons. The fourth-order valence-electron chi connectivity index (χ4n) is 4.41. The van der Waals surface area contributed by atoms with Gasteiger partial charge in [0.05, 0.1) is 28.3 Å². The molecular formula is C25H22F3N5O. The number of nitrogens with zero attached hydrogens (tertiary/aromatic N) is 5. The van der Waals surface area contributed by atoms with Crippen LogP contribution in [0.25, 0.3) is 11.4 Å².